The molecule has 2 heterocycles. The van der Waals surface area contributed by atoms with Gasteiger partial charge in [-0.05, 0) is 56.6 Å². The van der Waals surface area contributed by atoms with Crippen LogP contribution in [0.5, 0.6) is 0 Å². The third kappa shape index (κ3) is 4.13. The minimum Gasteiger partial charge on any atom is -0.339 e. The van der Waals surface area contributed by atoms with Crippen LogP contribution in [-0.2, 0) is 4.79 Å². The van der Waals surface area contributed by atoms with E-state index in [0.717, 1.165) is 42.7 Å². The number of halogens is 1. The highest BCUT2D eigenvalue weighted by molar-refractivity contribution is 6.31. The van der Waals surface area contributed by atoms with Crippen molar-refractivity contribution in [1.82, 2.24) is 15.2 Å². The molecule has 1 aromatic heterocycles. The first-order valence-electron chi connectivity index (χ1n) is 8.33. The van der Waals surface area contributed by atoms with Crippen LogP contribution in [0.1, 0.15) is 18.5 Å². The number of aromatic nitrogens is 1. The van der Waals surface area contributed by atoms with Crippen molar-refractivity contribution in [3.63, 3.8) is 0 Å². The van der Waals surface area contributed by atoms with Gasteiger partial charge in [0.05, 0.1) is 11.2 Å². The number of nitrogens with one attached hydrogen (secondary N) is 1. The number of rotatable bonds is 4. The maximum atomic E-state index is 12.4. The van der Waals surface area contributed by atoms with Gasteiger partial charge in [-0.15, -0.1) is 0 Å². The molecular weight excluding hydrogens is 322 g/mol. The first-order valence-corrected chi connectivity index (χ1v) is 8.71. The summed E-state index contributed by atoms with van der Waals surface area (Å²) in [5.41, 5.74) is 1.60. The summed E-state index contributed by atoms with van der Waals surface area (Å²) in [6.07, 6.45) is 5.66. The van der Waals surface area contributed by atoms with E-state index in [-0.39, 0.29) is 5.91 Å². The van der Waals surface area contributed by atoms with Gasteiger partial charge in [0, 0.05) is 29.6 Å². The SMILES string of the molecule is CNCC1CCCN(C(=O)C=Cc2ccc3ccc(Cl)cc3n2)C1. The second kappa shape index (κ2) is 7.77. The largest absolute Gasteiger partial charge is 0.339 e. The fourth-order valence-electron chi connectivity index (χ4n) is 3.18. The van der Waals surface area contributed by atoms with Crippen molar-refractivity contribution in [1.29, 1.82) is 0 Å². The number of likely N-dealkylation sites (tertiary alicyclic amines) is 1. The Morgan fingerprint density at radius 2 is 2.25 bits per heavy atom. The average Bonchev–Trinajstić information content (AvgIpc) is 2.60. The highest BCUT2D eigenvalue weighted by Crippen LogP contribution is 2.19. The molecule has 0 aliphatic carbocycles. The van der Waals surface area contributed by atoms with Crippen LogP contribution < -0.4 is 5.32 Å². The van der Waals surface area contributed by atoms with Gasteiger partial charge in [-0.25, -0.2) is 4.98 Å². The lowest BCUT2D eigenvalue weighted by molar-refractivity contribution is -0.127. The van der Waals surface area contributed by atoms with E-state index in [4.69, 9.17) is 11.6 Å². The quantitative estimate of drug-likeness (QED) is 0.866. The average molecular weight is 344 g/mol. The fraction of sp³-hybridized carbons (Fsp3) is 0.368. The van der Waals surface area contributed by atoms with E-state index in [9.17, 15) is 4.79 Å². The topological polar surface area (TPSA) is 45.2 Å². The molecule has 4 nitrogen and oxygen atoms in total. The predicted molar refractivity (Wildman–Crippen MR) is 99.0 cm³/mol. The van der Waals surface area contributed by atoms with Gasteiger partial charge in [0.25, 0.3) is 0 Å². The molecule has 1 saturated heterocycles. The van der Waals surface area contributed by atoms with Crippen LogP contribution in [0.3, 0.4) is 0 Å². The van der Waals surface area contributed by atoms with Gasteiger partial charge >= 0.3 is 0 Å². The Balaban J connectivity index is 1.69. The maximum absolute atomic E-state index is 12.4. The lowest BCUT2D eigenvalue weighted by Gasteiger charge is -2.32. The van der Waals surface area contributed by atoms with E-state index in [2.05, 4.69) is 10.3 Å². The van der Waals surface area contributed by atoms with Gasteiger partial charge in [0.1, 0.15) is 0 Å². The van der Waals surface area contributed by atoms with Crippen LogP contribution in [-0.4, -0.2) is 42.5 Å². The fourth-order valence-corrected chi connectivity index (χ4v) is 3.35. The zero-order valence-electron chi connectivity index (χ0n) is 13.8. The summed E-state index contributed by atoms with van der Waals surface area (Å²) >= 11 is 6.02. The van der Waals surface area contributed by atoms with Crippen LogP contribution in [0.4, 0.5) is 0 Å². The Kier molecular flexibility index (Phi) is 5.48. The van der Waals surface area contributed by atoms with E-state index in [1.807, 2.05) is 42.3 Å². The summed E-state index contributed by atoms with van der Waals surface area (Å²) in [5, 5.41) is 4.90. The third-order valence-electron chi connectivity index (χ3n) is 4.40. The smallest absolute Gasteiger partial charge is 0.246 e. The van der Waals surface area contributed by atoms with Crippen molar-refractivity contribution in [3.8, 4) is 0 Å². The molecule has 1 aliphatic rings. The Morgan fingerprint density at radius 1 is 1.42 bits per heavy atom. The summed E-state index contributed by atoms with van der Waals surface area (Å²) in [7, 11) is 1.96. The number of carbonyl (C=O) groups is 1. The standard InChI is InChI=1S/C19H22ClN3O/c1-21-12-14-3-2-10-23(13-14)19(24)9-8-17-7-5-15-4-6-16(20)11-18(15)22-17/h4-9,11,14,21H,2-3,10,12-13H2,1H3. The minimum atomic E-state index is 0.0591. The summed E-state index contributed by atoms with van der Waals surface area (Å²) < 4.78 is 0. The van der Waals surface area contributed by atoms with E-state index in [0.29, 0.717) is 10.9 Å². The lowest BCUT2D eigenvalue weighted by atomic mass is 9.98. The maximum Gasteiger partial charge on any atom is 0.246 e. The first kappa shape index (κ1) is 16.9. The van der Waals surface area contributed by atoms with Crippen LogP contribution in [0, 0.1) is 5.92 Å². The second-order valence-electron chi connectivity index (χ2n) is 6.26. The molecule has 0 bridgehead atoms. The third-order valence-corrected chi connectivity index (χ3v) is 4.63. The Morgan fingerprint density at radius 3 is 3.08 bits per heavy atom. The number of fused-ring (bicyclic) bond motifs is 1. The number of nitrogens with zero attached hydrogens (tertiary/aromatic N) is 2. The van der Waals surface area contributed by atoms with Gasteiger partial charge in [-0.1, -0.05) is 23.7 Å². The van der Waals surface area contributed by atoms with Gasteiger partial charge in [0.15, 0.2) is 0 Å². The molecule has 1 aromatic carbocycles. The van der Waals surface area contributed by atoms with E-state index < -0.39 is 0 Å². The van der Waals surface area contributed by atoms with Gasteiger partial charge in [-0.2, -0.15) is 0 Å². The summed E-state index contributed by atoms with van der Waals surface area (Å²) in [5.74, 6) is 0.603. The van der Waals surface area contributed by atoms with Crippen molar-refractivity contribution in [2.24, 2.45) is 5.92 Å². The van der Waals surface area contributed by atoms with Crippen LogP contribution in [0.25, 0.3) is 17.0 Å². The highest BCUT2D eigenvalue weighted by Gasteiger charge is 2.21. The molecule has 2 aromatic rings. The summed E-state index contributed by atoms with van der Waals surface area (Å²) in [4.78, 5) is 18.9. The number of benzene rings is 1. The number of piperidine rings is 1. The van der Waals surface area contributed by atoms with Crippen molar-refractivity contribution in [2.45, 2.75) is 12.8 Å². The molecule has 24 heavy (non-hydrogen) atoms. The van der Waals surface area contributed by atoms with Crippen LogP contribution in [0.15, 0.2) is 36.4 Å². The molecule has 5 heteroatoms. The monoisotopic (exact) mass is 343 g/mol. The molecule has 0 saturated carbocycles. The summed E-state index contributed by atoms with van der Waals surface area (Å²) in [6.45, 7) is 2.62. The number of amides is 1. The molecule has 0 radical (unpaired) electrons. The normalized spacial score (nSPS) is 18.4. The Bertz CT molecular complexity index is 757. The number of hydrogen-bond acceptors (Lipinski definition) is 3. The molecule has 1 atom stereocenters. The summed E-state index contributed by atoms with van der Waals surface area (Å²) in [6, 6.07) is 9.54. The van der Waals surface area contributed by atoms with Crippen LogP contribution >= 0.6 is 11.6 Å². The number of hydrogen-bond donors (Lipinski definition) is 1. The van der Waals surface area contributed by atoms with Crippen LogP contribution in [0.2, 0.25) is 5.02 Å². The molecule has 1 fully saturated rings. The molecule has 1 unspecified atom stereocenters. The molecule has 126 valence electrons. The molecule has 1 N–H and O–H groups in total. The molecule has 0 spiro atoms. The molecule has 1 aliphatic heterocycles. The van der Waals surface area contributed by atoms with Gasteiger partial charge in [0.2, 0.25) is 5.91 Å². The van der Waals surface area contributed by atoms with Crippen molar-refractivity contribution < 1.29 is 4.79 Å². The second-order valence-corrected chi connectivity index (χ2v) is 6.69. The molecule has 1 amide bonds. The number of carbonyl (C=O) groups excluding carboxylic acids is 1. The number of pyridine rings is 1. The van der Waals surface area contributed by atoms with Crippen molar-refractivity contribution >= 4 is 34.5 Å². The van der Waals surface area contributed by atoms with Crippen molar-refractivity contribution in [2.75, 3.05) is 26.7 Å². The van der Waals surface area contributed by atoms with Gasteiger partial charge in [-0.3, -0.25) is 4.79 Å². The van der Waals surface area contributed by atoms with E-state index in [1.165, 1.54) is 6.42 Å². The van der Waals surface area contributed by atoms with E-state index in [1.54, 1.807) is 12.2 Å². The molecule has 3 rings (SSSR count). The van der Waals surface area contributed by atoms with E-state index >= 15 is 0 Å². The first-order chi connectivity index (χ1) is 11.7. The zero-order valence-corrected chi connectivity index (χ0v) is 14.6. The Hall–Kier alpha value is -1.91. The van der Waals surface area contributed by atoms with Gasteiger partial charge < -0.3 is 10.2 Å². The Labute approximate surface area is 147 Å². The minimum absolute atomic E-state index is 0.0591. The zero-order chi connectivity index (χ0) is 16.9. The predicted octanol–water partition coefficient (Wildman–Crippen LogP) is 3.36. The highest BCUT2D eigenvalue weighted by atomic mass is 35.5. The molecular formula is C19H22ClN3O. The lowest BCUT2D eigenvalue weighted by Crippen LogP contribution is -2.41. The van der Waals surface area contributed by atoms with Crippen molar-refractivity contribution in [3.05, 3.63) is 47.1 Å².